The lowest BCUT2D eigenvalue weighted by molar-refractivity contribution is -0.128. The molecule has 1 aromatic heterocycles. The fourth-order valence-corrected chi connectivity index (χ4v) is 4.09. The SMILES string of the molecule is CC1(C)c2cc(Cl)ccc2C(=O)N1c1cncc(CN2CCCC2=O)c1. The summed E-state index contributed by atoms with van der Waals surface area (Å²) in [6.45, 7) is 5.31. The largest absolute Gasteiger partial charge is 0.338 e. The summed E-state index contributed by atoms with van der Waals surface area (Å²) in [5, 5.41) is 0.617. The van der Waals surface area contributed by atoms with Crippen molar-refractivity contribution in [3.05, 3.63) is 58.4 Å². The van der Waals surface area contributed by atoms with Crippen LogP contribution in [0.1, 0.15) is 48.2 Å². The highest BCUT2D eigenvalue weighted by atomic mass is 35.5. The first-order chi connectivity index (χ1) is 12.4. The summed E-state index contributed by atoms with van der Waals surface area (Å²) in [5.41, 5.74) is 2.71. The summed E-state index contributed by atoms with van der Waals surface area (Å²) in [7, 11) is 0. The molecule has 26 heavy (non-hydrogen) atoms. The number of pyridine rings is 1. The molecule has 0 bridgehead atoms. The predicted octanol–water partition coefficient (Wildman–Crippen LogP) is 3.75. The van der Waals surface area contributed by atoms with Crippen molar-refractivity contribution in [3.63, 3.8) is 0 Å². The van der Waals surface area contributed by atoms with Crippen molar-refractivity contribution in [2.75, 3.05) is 11.4 Å². The number of benzene rings is 1. The van der Waals surface area contributed by atoms with Crippen LogP contribution in [0.25, 0.3) is 0 Å². The molecule has 0 aliphatic carbocycles. The van der Waals surface area contributed by atoms with Gasteiger partial charge in [-0.3, -0.25) is 19.5 Å². The van der Waals surface area contributed by atoms with Crippen LogP contribution in [0.3, 0.4) is 0 Å². The normalized spacial score (nSPS) is 18.6. The summed E-state index contributed by atoms with van der Waals surface area (Å²) in [5.74, 6) is 0.118. The van der Waals surface area contributed by atoms with E-state index in [1.165, 1.54) is 0 Å². The fraction of sp³-hybridized carbons (Fsp3) is 0.350. The van der Waals surface area contributed by atoms with Gasteiger partial charge in [-0.05, 0) is 55.7 Å². The molecule has 2 aliphatic heterocycles. The summed E-state index contributed by atoms with van der Waals surface area (Å²) in [6.07, 6.45) is 4.97. The Hall–Kier alpha value is -2.40. The van der Waals surface area contributed by atoms with Crippen molar-refractivity contribution in [3.8, 4) is 0 Å². The van der Waals surface area contributed by atoms with Gasteiger partial charge < -0.3 is 4.90 Å². The van der Waals surface area contributed by atoms with Crippen molar-refractivity contribution in [2.45, 2.75) is 38.8 Å². The van der Waals surface area contributed by atoms with Crippen LogP contribution in [0.5, 0.6) is 0 Å². The molecule has 134 valence electrons. The Morgan fingerprint density at radius 3 is 2.73 bits per heavy atom. The Balaban J connectivity index is 1.69. The number of fused-ring (bicyclic) bond motifs is 1. The van der Waals surface area contributed by atoms with E-state index in [4.69, 9.17) is 11.6 Å². The van der Waals surface area contributed by atoms with Gasteiger partial charge in [0, 0.05) is 36.3 Å². The van der Waals surface area contributed by atoms with Crippen LogP contribution in [0.2, 0.25) is 5.02 Å². The van der Waals surface area contributed by atoms with Crippen molar-refractivity contribution >= 4 is 29.1 Å². The topological polar surface area (TPSA) is 53.5 Å². The summed E-state index contributed by atoms with van der Waals surface area (Å²) in [6, 6.07) is 7.33. The molecule has 6 heteroatoms. The molecule has 3 heterocycles. The first-order valence-electron chi connectivity index (χ1n) is 8.74. The molecule has 5 nitrogen and oxygen atoms in total. The van der Waals surface area contributed by atoms with Gasteiger partial charge in [-0.1, -0.05) is 11.6 Å². The highest BCUT2D eigenvalue weighted by Crippen LogP contribution is 2.42. The van der Waals surface area contributed by atoms with Gasteiger partial charge in [0.05, 0.1) is 17.4 Å². The smallest absolute Gasteiger partial charge is 0.259 e. The Morgan fingerprint density at radius 2 is 2.00 bits per heavy atom. The van der Waals surface area contributed by atoms with Crippen LogP contribution in [0.4, 0.5) is 5.69 Å². The third-order valence-electron chi connectivity index (χ3n) is 5.22. The molecule has 2 aliphatic rings. The third-order valence-corrected chi connectivity index (χ3v) is 5.45. The molecule has 0 unspecified atom stereocenters. The van der Waals surface area contributed by atoms with Gasteiger partial charge in [0.25, 0.3) is 5.91 Å². The van der Waals surface area contributed by atoms with Gasteiger partial charge in [0.1, 0.15) is 0 Å². The maximum absolute atomic E-state index is 13.0. The number of amides is 2. The first-order valence-corrected chi connectivity index (χ1v) is 9.12. The number of halogens is 1. The van der Waals surface area contributed by atoms with Gasteiger partial charge in [0.2, 0.25) is 5.91 Å². The lowest BCUT2D eigenvalue weighted by Gasteiger charge is -2.32. The van der Waals surface area contributed by atoms with E-state index in [1.807, 2.05) is 30.9 Å². The van der Waals surface area contributed by atoms with E-state index in [0.29, 0.717) is 23.6 Å². The van der Waals surface area contributed by atoms with Crippen LogP contribution < -0.4 is 4.90 Å². The van der Waals surface area contributed by atoms with Crippen LogP contribution in [0.15, 0.2) is 36.7 Å². The van der Waals surface area contributed by atoms with Crippen LogP contribution >= 0.6 is 11.6 Å². The maximum Gasteiger partial charge on any atom is 0.259 e. The number of carbonyl (C=O) groups excluding carboxylic acids is 2. The third kappa shape index (κ3) is 2.67. The minimum absolute atomic E-state index is 0.0575. The molecule has 4 rings (SSSR count). The van der Waals surface area contributed by atoms with Crippen molar-refractivity contribution in [1.82, 2.24) is 9.88 Å². The molecule has 0 spiro atoms. The number of hydrogen-bond acceptors (Lipinski definition) is 3. The van der Waals surface area contributed by atoms with E-state index >= 15 is 0 Å². The van der Waals surface area contributed by atoms with Gasteiger partial charge in [0.15, 0.2) is 0 Å². The van der Waals surface area contributed by atoms with E-state index in [-0.39, 0.29) is 11.8 Å². The number of likely N-dealkylation sites (tertiary alicyclic amines) is 1. The second-order valence-corrected chi connectivity index (χ2v) is 7.80. The number of hydrogen-bond donors (Lipinski definition) is 0. The van der Waals surface area contributed by atoms with E-state index in [2.05, 4.69) is 4.98 Å². The quantitative estimate of drug-likeness (QED) is 0.827. The van der Waals surface area contributed by atoms with Crippen LogP contribution in [-0.4, -0.2) is 28.2 Å². The summed E-state index contributed by atoms with van der Waals surface area (Å²) in [4.78, 5) is 32.8. The standard InChI is InChI=1S/C20H20ClN3O2/c1-20(2)17-9-14(21)5-6-16(17)19(26)24(20)15-8-13(10-22-11-15)12-23-7-3-4-18(23)25/h5-6,8-11H,3-4,7,12H2,1-2H3. The number of nitrogens with zero attached hydrogens (tertiary/aromatic N) is 3. The molecule has 0 saturated carbocycles. The van der Waals surface area contributed by atoms with Crippen LogP contribution in [0, 0.1) is 0 Å². The maximum atomic E-state index is 13.0. The number of carbonyl (C=O) groups is 2. The lowest BCUT2D eigenvalue weighted by atomic mass is 9.93. The number of aromatic nitrogens is 1. The Kier molecular flexibility index (Phi) is 3.99. The molecule has 1 fully saturated rings. The second-order valence-electron chi connectivity index (χ2n) is 7.36. The van der Waals surface area contributed by atoms with Gasteiger partial charge in [-0.25, -0.2) is 0 Å². The second kappa shape index (κ2) is 6.09. The monoisotopic (exact) mass is 369 g/mol. The van der Waals surface area contributed by atoms with Crippen molar-refractivity contribution in [2.24, 2.45) is 0 Å². The number of anilines is 1. The zero-order valence-corrected chi connectivity index (χ0v) is 15.6. The molecular weight excluding hydrogens is 350 g/mol. The van der Waals surface area contributed by atoms with Gasteiger partial charge >= 0.3 is 0 Å². The fourth-order valence-electron chi connectivity index (χ4n) is 3.92. The zero-order chi connectivity index (χ0) is 18.5. The highest BCUT2D eigenvalue weighted by Gasteiger charge is 2.44. The molecule has 0 N–H and O–H groups in total. The molecule has 1 aromatic carbocycles. The molecular formula is C20H20ClN3O2. The minimum atomic E-state index is -0.527. The highest BCUT2D eigenvalue weighted by molar-refractivity contribution is 6.31. The van der Waals surface area contributed by atoms with E-state index in [0.717, 1.165) is 29.8 Å². The first kappa shape index (κ1) is 17.0. The van der Waals surface area contributed by atoms with Gasteiger partial charge in [-0.15, -0.1) is 0 Å². The molecule has 0 atom stereocenters. The average Bonchev–Trinajstić information content (AvgIpc) is 3.07. The Bertz CT molecular complexity index is 910. The summed E-state index contributed by atoms with van der Waals surface area (Å²) < 4.78 is 0. The van der Waals surface area contributed by atoms with Crippen LogP contribution in [-0.2, 0) is 16.9 Å². The Labute approximate surface area is 157 Å². The zero-order valence-electron chi connectivity index (χ0n) is 14.8. The Morgan fingerprint density at radius 1 is 1.19 bits per heavy atom. The minimum Gasteiger partial charge on any atom is -0.338 e. The predicted molar refractivity (Wildman–Crippen MR) is 100 cm³/mol. The van der Waals surface area contributed by atoms with E-state index in [9.17, 15) is 9.59 Å². The molecule has 0 radical (unpaired) electrons. The van der Waals surface area contributed by atoms with Gasteiger partial charge in [-0.2, -0.15) is 0 Å². The molecule has 1 saturated heterocycles. The molecule has 2 aromatic rings. The average molecular weight is 370 g/mol. The van der Waals surface area contributed by atoms with E-state index in [1.54, 1.807) is 29.4 Å². The lowest BCUT2D eigenvalue weighted by Crippen LogP contribution is -2.39. The van der Waals surface area contributed by atoms with Crippen molar-refractivity contribution in [1.29, 1.82) is 0 Å². The molecule has 2 amide bonds. The number of rotatable bonds is 3. The van der Waals surface area contributed by atoms with E-state index < -0.39 is 5.54 Å². The summed E-state index contributed by atoms with van der Waals surface area (Å²) >= 11 is 6.15. The van der Waals surface area contributed by atoms with Crippen molar-refractivity contribution < 1.29 is 9.59 Å².